The van der Waals surface area contributed by atoms with Crippen LogP contribution >= 0.6 is 0 Å². The Kier molecular flexibility index (Phi) is 3.04. The van der Waals surface area contributed by atoms with Crippen molar-refractivity contribution in [2.75, 3.05) is 5.73 Å². The van der Waals surface area contributed by atoms with Gasteiger partial charge in [-0.05, 0) is 31.4 Å². The number of nitrogens with two attached hydrogens (primary N) is 1. The summed E-state index contributed by atoms with van der Waals surface area (Å²) in [5.74, 6) is -0.512. The summed E-state index contributed by atoms with van der Waals surface area (Å²) in [6.07, 6.45) is 0. The number of carbonyl (C=O) groups is 1. The predicted molar refractivity (Wildman–Crippen MR) is 79.0 cm³/mol. The average molecular weight is 276 g/mol. The Labute approximate surface area is 118 Å². The molecule has 0 amide bonds. The number of aliphatic imine (C=N–C) groups is 1. The van der Waals surface area contributed by atoms with E-state index in [9.17, 15) is 9.90 Å². The van der Waals surface area contributed by atoms with Gasteiger partial charge in [0.25, 0.3) is 0 Å². The van der Waals surface area contributed by atoms with Gasteiger partial charge >= 0.3 is 5.97 Å². The number of anilines is 1. The van der Waals surface area contributed by atoms with E-state index in [-0.39, 0.29) is 11.1 Å². The lowest BCUT2D eigenvalue weighted by Gasteiger charge is -2.33. The minimum Gasteiger partial charge on any atom is -0.479 e. The van der Waals surface area contributed by atoms with Crippen LogP contribution in [0.1, 0.15) is 40.2 Å². The fraction of sp³-hybridized carbons (Fsp3) is 0.467. The maximum atomic E-state index is 11.4. The number of hydrogen-bond donors (Lipinski definition) is 2. The number of fused-ring (bicyclic) bond motifs is 1. The van der Waals surface area contributed by atoms with Gasteiger partial charge in [0, 0.05) is 11.3 Å². The molecule has 108 valence electrons. The van der Waals surface area contributed by atoms with Crippen LogP contribution in [-0.4, -0.2) is 22.4 Å². The van der Waals surface area contributed by atoms with E-state index in [0.717, 1.165) is 5.56 Å². The SMILES string of the molecule is CC1(C)Oc2ccc(N)c(C(C)(C)C)c2N=C1C(=O)O. The monoisotopic (exact) mass is 276 g/mol. The zero-order valence-corrected chi connectivity index (χ0v) is 12.4. The summed E-state index contributed by atoms with van der Waals surface area (Å²) in [5.41, 5.74) is 6.73. The van der Waals surface area contributed by atoms with Crippen molar-refractivity contribution in [1.29, 1.82) is 0 Å². The summed E-state index contributed by atoms with van der Waals surface area (Å²) >= 11 is 0. The van der Waals surface area contributed by atoms with Gasteiger partial charge in [0.2, 0.25) is 0 Å². The summed E-state index contributed by atoms with van der Waals surface area (Å²) < 4.78 is 5.82. The third-order valence-corrected chi connectivity index (χ3v) is 3.28. The van der Waals surface area contributed by atoms with Gasteiger partial charge in [0.15, 0.2) is 11.3 Å². The van der Waals surface area contributed by atoms with Crippen LogP contribution in [0.4, 0.5) is 11.4 Å². The van der Waals surface area contributed by atoms with Gasteiger partial charge in [-0.25, -0.2) is 9.79 Å². The lowest BCUT2D eigenvalue weighted by Crippen LogP contribution is -2.44. The minimum atomic E-state index is -1.08. The van der Waals surface area contributed by atoms with Crippen molar-refractivity contribution in [3.63, 3.8) is 0 Å². The number of nitrogens with zero attached hydrogens (tertiary/aromatic N) is 1. The van der Waals surface area contributed by atoms with Gasteiger partial charge in [-0.3, -0.25) is 0 Å². The highest BCUT2D eigenvalue weighted by molar-refractivity contribution is 6.39. The second-order valence-electron chi connectivity index (χ2n) is 6.50. The number of carboxylic acid groups (broad SMARTS) is 1. The van der Waals surface area contributed by atoms with Gasteiger partial charge in [-0.1, -0.05) is 20.8 Å². The van der Waals surface area contributed by atoms with Crippen LogP contribution in [0.25, 0.3) is 0 Å². The van der Waals surface area contributed by atoms with Gasteiger partial charge in [0.05, 0.1) is 0 Å². The van der Waals surface area contributed by atoms with E-state index in [1.165, 1.54) is 0 Å². The highest BCUT2D eigenvalue weighted by Gasteiger charge is 2.39. The first-order valence-corrected chi connectivity index (χ1v) is 6.48. The van der Waals surface area contributed by atoms with Crippen LogP contribution in [0, 0.1) is 0 Å². The average Bonchev–Trinajstić information content (AvgIpc) is 2.25. The standard InChI is InChI=1S/C15H20N2O3/c1-14(2,3)10-8(16)6-7-9-11(10)17-12(13(18)19)15(4,5)20-9/h6-7H,16H2,1-5H3,(H,18,19). The molecule has 1 aliphatic heterocycles. The number of nitrogen functional groups attached to an aromatic ring is 1. The molecule has 1 aromatic carbocycles. The van der Waals surface area contributed by atoms with Crippen molar-refractivity contribution in [3.05, 3.63) is 17.7 Å². The van der Waals surface area contributed by atoms with Gasteiger partial charge in [-0.2, -0.15) is 0 Å². The van der Waals surface area contributed by atoms with E-state index in [0.29, 0.717) is 17.1 Å². The van der Waals surface area contributed by atoms with Crippen molar-refractivity contribution in [2.24, 2.45) is 4.99 Å². The molecule has 2 rings (SSSR count). The van der Waals surface area contributed by atoms with E-state index in [1.54, 1.807) is 26.0 Å². The second kappa shape index (κ2) is 4.23. The first kappa shape index (κ1) is 14.4. The fourth-order valence-electron chi connectivity index (χ4n) is 2.44. The molecule has 3 N–H and O–H groups in total. The zero-order chi connectivity index (χ0) is 15.3. The van der Waals surface area contributed by atoms with Crippen LogP contribution in [-0.2, 0) is 10.2 Å². The van der Waals surface area contributed by atoms with Crippen molar-refractivity contribution < 1.29 is 14.6 Å². The number of carboxylic acids is 1. The molecule has 0 saturated carbocycles. The highest BCUT2D eigenvalue weighted by Crippen LogP contribution is 2.46. The highest BCUT2D eigenvalue weighted by atomic mass is 16.5. The molecule has 1 heterocycles. The number of aliphatic carboxylic acids is 1. The largest absolute Gasteiger partial charge is 0.479 e. The summed E-state index contributed by atoms with van der Waals surface area (Å²) in [6.45, 7) is 9.41. The maximum Gasteiger partial charge on any atom is 0.354 e. The molecule has 5 nitrogen and oxygen atoms in total. The summed E-state index contributed by atoms with van der Waals surface area (Å²) in [6, 6.07) is 3.51. The third-order valence-electron chi connectivity index (χ3n) is 3.28. The quantitative estimate of drug-likeness (QED) is 0.772. The van der Waals surface area contributed by atoms with Gasteiger partial charge in [0.1, 0.15) is 11.4 Å². The maximum absolute atomic E-state index is 11.4. The Morgan fingerprint density at radius 2 is 1.95 bits per heavy atom. The van der Waals surface area contributed by atoms with Crippen molar-refractivity contribution >= 4 is 23.1 Å². The molecule has 1 aromatic rings. The van der Waals surface area contributed by atoms with Crippen molar-refractivity contribution in [2.45, 2.75) is 45.6 Å². The summed E-state index contributed by atoms with van der Waals surface area (Å²) in [4.78, 5) is 15.7. The molecule has 0 unspecified atom stereocenters. The topological polar surface area (TPSA) is 84.9 Å². The van der Waals surface area contributed by atoms with Crippen molar-refractivity contribution in [3.8, 4) is 5.75 Å². The van der Waals surface area contributed by atoms with Crippen LogP contribution in [0.15, 0.2) is 17.1 Å². The molecule has 0 fully saturated rings. The smallest absolute Gasteiger partial charge is 0.354 e. The van der Waals surface area contributed by atoms with Crippen LogP contribution in [0.3, 0.4) is 0 Å². The molecule has 5 heteroatoms. The Balaban J connectivity index is 2.76. The third kappa shape index (κ3) is 2.24. The zero-order valence-electron chi connectivity index (χ0n) is 12.4. The molecular formula is C15H20N2O3. The molecule has 0 aromatic heterocycles. The fourth-order valence-corrected chi connectivity index (χ4v) is 2.44. The van der Waals surface area contributed by atoms with E-state index >= 15 is 0 Å². The van der Waals surface area contributed by atoms with Gasteiger partial charge in [-0.15, -0.1) is 0 Å². The molecule has 1 aliphatic rings. The van der Waals surface area contributed by atoms with E-state index in [2.05, 4.69) is 4.99 Å². The number of benzene rings is 1. The Morgan fingerprint density at radius 1 is 1.35 bits per heavy atom. The molecule has 0 atom stereocenters. The molecule has 0 spiro atoms. The molecule has 0 radical (unpaired) electrons. The first-order valence-electron chi connectivity index (χ1n) is 6.48. The minimum absolute atomic E-state index is 0.0129. The number of hydrogen-bond acceptors (Lipinski definition) is 4. The molecule has 0 bridgehead atoms. The van der Waals surface area contributed by atoms with E-state index < -0.39 is 11.6 Å². The van der Waals surface area contributed by atoms with E-state index in [1.807, 2.05) is 20.8 Å². The Morgan fingerprint density at radius 3 is 2.45 bits per heavy atom. The Bertz CT molecular complexity index is 610. The second-order valence-corrected chi connectivity index (χ2v) is 6.50. The first-order chi connectivity index (χ1) is 9.04. The van der Waals surface area contributed by atoms with Gasteiger partial charge < -0.3 is 15.6 Å². The molecule has 20 heavy (non-hydrogen) atoms. The predicted octanol–water partition coefficient (Wildman–Crippen LogP) is 2.89. The lowest BCUT2D eigenvalue weighted by atomic mass is 9.83. The Hall–Kier alpha value is -2.04. The molecule has 0 aliphatic carbocycles. The number of rotatable bonds is 1. The number of ether oxygens (including phenoxy) is 1. The van der Waals surface area contributed by atoms with Crippen LogP contribution in [0.5, 0.6) is 5.75 Å². The summed E-state index contributed by atoms with van der Waals surface area (Å²) in [7, 11) is 0. The van der Waals surface area contributed by atoms with Crippen LogP contribution < -0.4 is 10.5 Å². The van der Waals surface area contributed by atoms with Crippen LogP contribution in [0.2, 0.25) is 0 Å². The normalized spacial score (nSPS) is 16.9. The van der Waals surface area contributed by atoms with Crippen molar-refractivity contribution in [1.82, 2.24) is 0 Å². The molecule has 0 saturated heterocycles. The molecular weight excluding hydrogens is 256 g/mol. The summed E-state index contributed by atoms with van der Waals surface area (Å²) in [5, 5.41) is 9.32. The lowest BCUT2D eigenvalue weighted by molar-refractivity contribution is -0.130. The van der Waals surface area contributed by atoms with E-state index in [4.69, 9.17) is 10.5 Å².